The molecule has 36 heavy (non-hydrogen) atoms. The number of benzene rings is 3. The molecule has 0 bridgehead atoms. The summed E-state index contributed by atoms with van der Waals surface area (Å²) in [6.07, 6.45) is 4.00. The minimum atomic E-state index is 0.263. The molecule has 0 atom stereocenters. The summed E-state index contributed by atoms with van der Waals surface area (Å²) in [6.45, 7) is 8.68. The molecule has 3 aromatic rings. The number of ether oxygens (including phenoxy) is 1. The van der Waals surface area contributed by atoms with E-state index in [2.05, 4.69) is 77.4 Å². The second-order valence-corrected chi connectivity index (χ2v) is 10.5. The van der Waals surface area contributed by atoms with E-state index in [4.69, 9.17) is 4.74 Å². The SMILES string of the molecule is Cc1ccc(CN2CCC(CCC(=O)c3ccc4c(c3)CN(Cc3ccccc3)CCO4)CC2)cc1. The lowest BCUT2D eigenvalue weighted by atomic mass is 9.90. The Morgan fingerprint density at radius 2 is 1.58 bits per heavy atom. The molecule has 1 saturated heterocycles. The van der Waals surface area contributed by atoms with Crippen LogP contribution in [0.15, 0.2) is 72.8 Å². The van der Waals surface area contributed by atoms with E-state index in [0.29, 0.717) is 18.9 Å². The van der Waals surface area contributed by atoms with Crippen molar-refractivity contribution in [3.05, 3.63) is 101 Å². The molecule has 3 aromatic carbocycles. The number of carbonyl (C=O) groups excluding carboxylic acids is 1. The summed E-state index contributed by atoms with van der Waals surface area (Å²) in [6, 6.07) is 25.5. The number of carbonyl (C=O) groups is 1. The molecule has 188 valence electrons. The number of nitrogens with zero attached hydrogens (tertiary/aromatic N) is 2. The van der Waals surface area contributed by atoms with Gasteiger partial charge in [-0.05, 0) is 74.5 Å². The fourth-order valence-electron chi connectivity index (χ4n) is 5.46. The molecular formula is C32H38N2O2. The zero-order valence-electron chi connectivity index (χ0n) is 21.5. The smallest absolute Gasteiger partial charge is 0.162 e. The Bertz CT molecular complexity index is 1130. The van der Waals surface area contributed by atoms with E-state index < -0.39 is 0 Å². The van der Waals surface area contributed by atoms with E-state index in [1.165, 1.54) is 29.5 Å². The predicted molar refractivity (Wildman–Crippen MR) is 145 cm³/mol. The maximum atomic E-state index is 13.1. The van der Waals surface area contributed by atoms with Crippen molar-refractivity contribution in [3.8, 4) is 5.75 Å². The minimum Gasteiger partial charge on any atom is -0.492 e. The van der Waals surface area contributed by atoms with E-state index in [-0.39, 0.29) is 5.78 Å². The molecule has 0 N–H and O–H groups in total. The number of hydrogen-bond acceptors (Lipinski definition) is 4. The standard InChI is InChI=1S/C32H38N2O2/c1-25-7-9-28(10-8-25)22-33-17-15-26(16-18-33)11-13-31(35)29-12-14-32-30(21-29)24-34(19-20-36-32)23-27-5-3-2-4-6-27/h2-10,12,14,21,26H,11,13,15-20,22-24H2,1H3. The third kappa shape index (κ3) is 6.63. The van der Waals surface area contributed by atoms with Gasteiger partial charge in [-0.3, -0.25) is 14.6 Å². The zero-order chi connectivity index (χ0) is 24.7. The van der Waals surface area contributed by atoms with E-state index in [9.17, 15) is 4.79 Å². The first-order chi connectivity index (χ1) is 17.6. The highest BCUT2D eigenvalue weighted by atomic mass is 16.5. The Kier molecular flexibility index (Phi) is 8.15. The largest absolute Gasteiger partial charge is 0.492 e. The van der Waals surface area contributed by atoms with Crippen LogP contribution < -0.4 is 4.74 Å². The number of likely N-dealkylation sites (tertiary alicyclic amines) is 1. The highest BCUT2D eigenvalue weighted by molar-refractivity contribution is 5.96. The lowest BCUT2D eigenvalue weighted by Gasteiger charge is -2.32. The molecule has 4 nitrogen and oxygen atoms in total. The predicted octanol–water partition coefficient (Wildman–Crippen LogP) is 6.26. The molecule has 2 aliphatic rings. The molecule has 0 radical (unpaired) electrons. The molecule has 0 spiro atoms. The van der Waals surface area contributed by atoms with Crippen molar-refractivity contribution in [2.24, 2.45) is 5.92 Å². The fraction of sp³-hybridized carbons (Fsp3) is 0.406. The fourth-order valence-corrected chi connectivity index (χ4v) is 5.46. The molecule has 0 aliphatic carbocycles. The molecule has 2 heterocycles. The van der Waals surface area contributed by atoms with Crippen LogP contribution in [0.5, 0.6) is 5.75 Å². The van der Waals surface area contributed by atoms with Crippen LogP contribution in [0.3, 0.4) is 0 Å². The van der Waals surface area contributed by atoms with Gasteiger partial charge in [-0.25, -0.2) is 0 Å². The summed E-state index contributed by atoms with van der Waals surface area (Å²) >= 11 is 0. The van der Waals surface area contributed by atoms with Gasteiger partial charge in [0, 0.05) is 43.7 Å². The number of fused-ring (bicyclic) bond motifs is 1. The molecule has 2 aliphatic heterocycles. The Balaban J connectivity index is 1.11. The van der Waals surface area contributed by atoms with E-state index in [1.54, 1.807) is 0 Å². The molecule has 0 amide bonds. The first kappa shape index (κ1) is 24.7. The zero-order valence-corrected chi connectivity index (χ0v) is 21.5. The summed E-state index contributed by atoms with van der Waals surface area (Å²) in [4.78, 5) is 18.1. The number of piperidine rings is 1. The van der Waals surface area contributed by atoms with Crippen LogP contribution in [0.4, 0.5) is 0 Å². The second kappa shape index (κ2) is 11.9. The maximum absolute atomic E-state index is 13.1. The van der Waals surface area contributed by atoms with Gasteiger partial charge in [-0.1, -0.05) is 60.2 Å². The number of rotatable bonds is 8. The van der Waals surface area contributed by atoms with Crippen LogP contribution in [-0.4, -0.2) is 41.8 Å². The van der Waals surface area contributed by atoms with Crippen LogP contribution in [0, 0.1) is 12.8 Å². The van der Waals surface area contributed by atoms with Crippen LogP contribution in [0.2, 0.25) is 0 Å². The van der Waals surface area contributed by atoms with Crippen molar-refractivity contribution in [2.45, 2.75) is 52.2 Å². The van der Waals surface area contributed by atoms with Crippen molar-refractivity contribution >= 4 is 5.78 Å². The monoisotopic (exact) mass is 482 g/mol. The first-order valence-electron chi connectivity index (χ1n) is 13.5. The summed E-state index contributed by atoms with van der Waals surface area (Å²) in [5.41, 5.74) is 5.96. The summed E-state index contributed by atoms with van der Waals surface area (Å²) in [5.74, 6) is 1.83. The molecule has 5 rings (SSSR count). The van der Waals surface area contributed by atoms with Gasteiger partial charge in [0.05, 0.1) is 0 Å². The summed E-state index contributed by atoms with van der Waals surface area (Å²) < 4.78 is 6.01. The highest BCUT2D eigenvalue weighted by Crippen LogP contribution is 2.28. The topological polar surface area (TPSA) is 32.8 Å². The van der Waals surface area contributed by atoms with Gasteiger partial charge in [0.15, 0.2) is 5.78 Å². The van der Waals surface area contributed by atoms with Gasteiger partial charge in [0.25, 0.3) is 0 Å². The van der Waals surface area contributed by atoms with Gasteiger partial charge >= 0.3 is 0 Å². The summed E-state index contributed by atoms with van der Waals surface area (Å²) in [5, 5.41) is 0. The highest BCUT2D eigenvalue weighted by Gasteiger charge is 2.22. The van der Waals surface area contributed by atoms with Crippen LogP contribution in [0.25, 0.3) is 0 Å². The number of aryl methyl sites for hydroxylation is 1. The van der Waals surface area contributed by atoms with Gasteiger partial charge in [-0.2, -0.15) is 0 Å². The van der Waals surface area contributed by atoms with Crippen LogP contribution in [-0.2, 0) is 19.6 Å². The van der Waals surface area contributed by atoms with Crippen molar-refractivity contribution in [1.82, 2.24) is 9.80 Å². The van der Waals surface area contributed by atoms with Crippen LogP contribution in [0.1, 0.15) is 58.3 Å². The third-order valence-corrected chi connectivity index (χ3v) is 7.70. The average Bonchev–Trinajstić information content (AvgIpc) is 3.11. The Labute approximate surface area is 215 Å². The quantitative estimate of drug-likeness (QED) is 0.355. The normalized spacial score (nSPS) is 17.2. The number of Topliss-reactive ketones (excluding diaryl/α,β-unsaturated/α-hetero) is 1. The van der Waals surface area contributed by atoms with Gasteiger partial charge in [-0.15, -0.1) is 0 Å². The molecule has 1 fully saturated rings. The lowest BCUT2D eigenvalue weighted by Crippen LogP contribution is -2.33. The second-order valence-electron chi connectivity index (χ2n) is 10.5. The third-order valence-electron chi connectivity index (χ3n) is 7.70. The Hall–Kier alpha value is -2.95. The van der Waals surface area contributed by atoms with E-state index in [0.717, 1.165) is 62.6 Å². The average molecular weight is 483 g/mol. The van der Waals surface area contributed by atoms with Gasteiger partial charge in [0.2, 0.25) is 0 Å². The summed E-state index contributed by atoms with van der Waals surface area (Å²) in [7, 11) is 0. The van der Waals surface area contributed by atoms with Gasteiger partial charge < -0.3 is 4.74 Å². The Morgan fingerprint density at radius 3 is 2.36 bits per heavy atom. The number of ketones is 1. The molecular weight excluding hydrogens is 444 g/mol. The van der Waals surface area contributed by atoms with Gasteiger partial charge in [0.1, 0.15) is 12.4 Å². The molecule has 4 heteroatoms. The van der Waals surface area contributed by atoms with Crippen molar-refractivity contribution in [1.29, 1.82) is 0 Å². The van der Waals surface area contributed by atoms with Crippen molar-refractivity contribution < 1.29 is 9.53 Å². The minimum absolute atomic E-state index is 0.263. The van der Waals surface area contributed by atoms with E-state index in [1.807, 2.05) is 12.1 Å². The van der Waals surface area contributed by atoms with Crippen molar-refractivity contribution in [3.63, 3.8) is 0 Å². The Morgan fingerprint density at radius 1 is 0.861 bits per heavy atom. The van der Waals surface area contributed by atoms with E-state index >= 15 is 0 Å². The molecule has 0 unspecified atom stereocenters. The molecule has 0 aromatic heterocycles. The molecule has 0 saturated carbocycles. The lowest BCUT2D eigenvalue weighted by molar-refractivity contribution is 0.0961. The van der Waals surface area contributed by atoms with Crippen LogP contribution >= 0.6 is 0 Å². The maximum Gasteiger partial charge on any atom is 0.162 e. The number of hydrogen-bond donors (Lipinski definition) is 0. The first-order valence-corrected chi connectivity index (χ1v) is 13.5. The van der Waals surface area contributed by atoms with Crippen molar-refractivity contribution in [2.75, 3.05) is 26.2 Å².